The van der Waals surface area contributed by atoms with Crippen LogP contribution < -0.4 is 0 Å². The van der Waals surface area contributed by atoms with Gasteiger partial charge in [-0.05, 0) is 18.6 Å². The summed E-state index contributed by atoms with van der Waals surface area (Å²) in [6, 6.07) is 9.32. The first-order chi connectivity index (χ1) is 13.2. The van der Waals surface area contributed by atoms with Crippen molar-refractivity contribution in [2.45, 2.75) is 95.8 Å². The van der Waals surface area contributed by atoms with Crippen LogP contribution in [0.15, 0.2) is 35.3 Å². The fourth-order valence-corrected chi connectivity index (χ4v) is 3.57. The van der Waals surface area contributed by atoms with Gasteiger partial charge in [0.2, 0.25) is 5.90 Å². The molecule has 27 heavy (non-hydrogen) atoms. The Kier molecular flexibility index (Phi) is 10.5. The zero-order chi connectivity index (χ0) is 19.3. The van der Waals surface area contributed by atoms with Gasteiger partial charge in [0.15, 0.2) is 0 Å². The predicted molar refractivity (Wildman–Crippen MR) is 111 cm³/mol. The molecule has 0 amide bonds. The van der Waals surface area contributed by atoms with Crippen molar-refractivity contribution in [3.63, 3.8) is 0 Å². The van der Waals surface area contributed by atoms with Crippen molar-refractivity contribution >= 4 is 5.90 Å². The topological polar surface area (TPSA) is 62.0 Å². The van der Waals surface area contributed by atoms with Crippen molar-refractivity contribution in [2.24, 2.45) is 4.99 Å². The van der Waals surface area contributed by atoms with Gasteiger partial charge in [0.05, 0.1) is 6.10 Å². The molecule has 1 heterocycles. The molecule has 0 saturated carbocycles. The highest BCUT2D eigenvalue weighted by atomic mass is 16.5. The third-order valence-electron chi connectivity index (χ3n) is 5.34. The molecule has 2 N–H and O–H groups in total. The van der Waals surface area contributed by atoms with E-state index in [2.05, 4.69) is 11.9 Å². The molecular weight excluding hydrogens is 338 g/mol. The quantitative estimate of drug-likeness (QED) is 0.456. The third kappa shape index (κ3) is 8.02. The molecule has 152 valence electrons. The normalized spacial score (nSPS) is 18.8. The minimum Gasteiger partial charge on any atom is -0.475 e. The highest BCUT2D eigenvalue weighted by Crippen LogP contribution is 2.19. The number of rotatable bonds is 14. The molecule has 0 bridgehead atoms. The standard InChI is InChI=1S/C23H37NO3/c1-2-3-4-5-6-7-8-9-10-14-17-21(25)22(26)20-18-27-23(24-20)19-15-12-11-13-16-19/h11-13,15-16,20-22,25-26H,2-10,14,17-18H2,1H3. The molecule has 3 unspecified atom stereocenters. The van der Waals surface area contributed by atoms with Crippen LogP contribution in [0.2, 0.25) is 0 Å². The van der Waals surface area contributed by atoms with Crippen LogP contribution >= 0.6 is 0 Å². The summed E-state index contributed by atoms with van der Waals surface area (Å²) in [6.07, 6.45) is 11.7. The summed E-state index contributed by atoms with van der Waals surface area (Å²) in [4.78, 5) is 4.46. The van der Waals surface area contributed by atoms with Gasteiger partial charge in [-0.1, -0.05) is 89.3 Å². The summed E-state index contributed by atoms with van der Waals surface area (Å²) in [6.45, 7) is 2.58. The molecule has 1 aromatic carbocycles. The van der Waals surface area contributed by atoms with E-state index in [-0.39, 0.29) is 6.04 Å². The lowest BCUT2D eigenvalue weighted by atomic mass is 10.00. The number of hydrogen-bond donors (Lipinski definition) is 2. The summed E-state index contributed by atoms with van der Waals surface area (Å²) in [7, 11) is 0. The summed E-state index contributed by atoms with van der Waals surface area (Å²) in [5.41, 5.74) is 0.913. The van der Waals surface area contributed by atoms with Crippen LogP contribution in [0.1, 0.15) is 83.1 Å². The molecule has 4 nitrogen and oxygen atoms in total. The monoisotopic (exact) mass is 375 g/mol. The summed E-state index contributed by atoms with van der Waals surface area (Å²) >= 11 is 0. The van der Waals surface area contributed by atoms with Gasteiger partial charge in [-0.3, -0.25) is 0 Å². The molecule has 2 rings (SSSR count). The second-order valence-electron chi connectivity index (χ2n) is 7.71. The molecule has 1 aliphatic rings. The number of aliphatic hydroxyl groups is 2. The van der Waals surface area contributed by atoms with Gasteiger partial charge in [0.1, 0.15) is 18.8 Å². The van der Waals surface area contributed by atoms with Crippen molar-refractivity contribution in [3.8, 4) is 0 Å². The van der Waals surface area contributed by atoms with Crippen molar-refractivity contribution in [1.82, 2.24) is 0 Å². The van der Waals surface area contributed by atoms with Crippen LogP contribution in [0.3, 0.4) is 0 Å². The molecule has 0 spiro atoms. The Hall–Kier alpha value is -1.39. The lowest BCUT2D eigenvalue weighted by molar-refractivity contribution is -0.00517. The van der Waals surface area contributed by atoms with E-state index in [9.17, 15) is 10.2 Å². The van der Waals surface area contributed by atoms with E-state index < -0.39 is 12.2 Å². The summed E-state index contributed by atoms with van der Waals surface area (Å²) < 4.78 is 5.61. The van der Waals surface area contributed by atoms with E-state index in [0.29, 0.717) is 18.9 Å². The van der Waals surface area contributed by atoms with Crippen LogP contribution in [0.5, 0.6) is 0 Å². The average Bonchev–Trinajstić information content (AvgIpc) is 3.19. The zero-order valence-electron chi connectivity index (χ0n) is 16.9. The molecule has 0 saturated heterocycles. The van der Waals surface area contributed by atoms with Crippen molar-refractivity contribution in [1.29, 1.82) is 0 Å². The Morgan fingerprint density at radius 2 is 1.52 bits per heavy atom. The molecule has 1 aliphatic heterocycles. The Morgan fingerprint density at radius 1 is 0.926 bits per heavy atom. The molecule has 3 atom stereocenters. The molecule has 0 fully saturated rings. The van der Waals surface area contributed by atoms with Crippen LogP contribution in [-0.4, -0.2) is 41.0 Å². The van der Waals surface area contributed by atoms with Gasteiger partial charge in [-0.15, -0.1) is 0 Å². The lowest BCUT2D eigenvalue weighted by Gasteiger charge is -2.20. The SMILES string of the molecule is CCCCCCCCCCCCC(O)C(O)C1COC(c2ccccc2)=N1. The predicted octanol–water partition coefficient (Wildman–Crippen LogP) is 4.86. The zero-order valence-corrected chi connectivity index (χ0v) is 16.9. The van der Waals surface area contributed by atoms with Crippen molar-refractivity contribution in [2.75, 3.05) is 6.61 Å². The van der Waals surface area contributed by atoms with Gasteiger partial charge in [-0.25, -0.2) is 4.99 Å². The van der Waals surface area contributed by atoms with Crippen LogP contribution in [0.25, 0.3) is 0 Å². The first kappa shape index (κ1) is 21.9. The van der Waals surface area contributed by atoms with Crippen LogP contribution in [0.4, 0.5) is 0 Å². The number of benzene rings is 1. The van der Waals surface area contributed by atoms with E-state index in [1.807, 2.05) is 30.3 Å². The third-order valence-corrected chi connectivity index (χ3v) is 5.34. The van der Waals surface area contributed by atoms with E-state index in [1.165, 1.54) is 51.4 Å². The van der Waals surface area contributed by atoms with Gasteiger partial charge >= 0.3 is 0 Å². The molecule has 0 aromatic heterocycles. The van der Waals surface area contributed by atoms with E-state index in [1.54, 1.807) is 0 Å². The van der Waals surface area contributed by atoms with Crippen molar-refractivity contribution in [3.05, 3.63) is 35.9 Å². The smallest absolute Gasteiger partial charge is 0.216 e. The first-order valence-electron chi connectivity index (χ1n) is 10.8. The lowest BCUT2D eigenvalue weighted by Crippen LogP contribution is -2.37. The Balaban J connectivity index is 1.57. The maximum Gasteiger partial charge on any atom is 0.216 e. The molecule has 1 aromatic rings. The number of hydrogen-bond acceptors (Lipinski definition) is 4. The molecule has 0 radical (unpaired) electrons. The Morgan fingerprint density at radius 3 is 2.15 bits per heavy atom. The van der Waals surface area contributed by atoms with Gasteiger partial charge < -0.3 is 14.9 Å². The van der Waals surface area contributed by atoms with Crippen molar-refractivity contribution < 1.29 is 14.9 Å². The highest BCUT2D eigenvalue weighted by Gasteiger charge is 2.31. The van der Waals surface area contributed by atoms with E-state index >= 15 is 0 Å². The van der Waals surface area contributed by atoms with E-state index in [0.717, 1.165) is 18.4 Å². The Bertz CT molecular complexity index is 532. The number of unbranched alkanes of at least 4 members (excludes halogenated alkanes) is 9. The summed E-state index contributed by atoms with van der Waals surface area (Å²) in [5.74, 6) is 0.561. The van der Waals surface area contributed by atoms with Crippen LogP contribution in [0, 0.1) is 0 Å². The number of nitrogens with zero attached hydrogens (tertiary/aromatic N) is 1. The minimum atomic E-state index is -0.857. The number of aliphatic hydroxyl groups excluding tert-OH is 2. The highest BCUT2D eigenvalue weighted by molar-refractivity contribution is 5.95. The molecule has 4 heteroatoms. The van der Waals surface area contributed by atoms with Gasteiger partial charge in [0.25, 0.3) is 0 Å². The second kappa shape index (κ2) is 12.9. The largest absolute Gasteiger partial charge is 0.475 e. The fourth-order valence-electron chi connectivity index (χ4n) is 3.57. The average molecular weight is 376 g/mol. The minimum absolute atomic E-state index is 0.334. The van der Waals surface area contributed by atoms with Gasteiger partial charge in [0, 0.05) is 5.56 Å². The number of aliphatic imine (C=N–C) groups is 1. The van der Waals surface area contributed by atoms with E-state index in [4.69, 9.17) is 4.74 Å². The number of ether oxygens (including phenoxy) is 1. The second-order valence-corrected chi connectivity index (χ2v) is 7.71. The molecular formula is C23H37NO3. The molecule has 0 aliphatic carbocycles. The summed E-state index contributed by atoms with van der Waals surface area (Å²) in [5, 5.41) is 20.7. The maximum absolute atomic E-state index is 10.4. The fraction of sp³-hybridized carbons (Fsp3) is 0.696. The maximum atomic E-state index is 10.4. The van der Waals surface area contributed by atoms with Crippen LogP contribution in [-0.2, 0) is 4.74 Å². The Labute approximate surface area is 164 Å². The first-order valence-corrected chi connectivity index (χ1v) is 10.8. The van der Waals surface area contributed by atoms with Gasteiger partial charge in [-0.2, -0.15) is 0 Å².